The van der Waals surface area contributed by atoms with Crippen molar-refractivity contribution in [2.24, 2.45) is 0 Å². The SMILES string of the molecule is O=C(Cc1cccc2ccccc12)Nc1ccc(I)cc1Cl. The van der Waals surface area contributed by atoms with E-state index in [-0.39, 0.29) is 5.91 Å². The summed E-state index contributed by atoms with van der Waals surface area (Å²) in [5.41, 5.74) is 1.66. The van der Waals surface area contributed by atoms with Gasteiger partial charge in [-0.05, 0) is 57.1 Å². The predicted molar refractivity (Wildman–Crippen MR) is 100 cm³/mol. The van der Waals surface area contributed by atoms with Crippen molar-refractivity contribution >= 4 is 56.6 Å². The fourth-order valence-electron chi connectivity index (χ4n) is 2.40. The van der Waals surface area contributed by atoms with Gasteiger partial charge in [0.25, 0.3) is 0 Å². The van der Waals surface area contributed by atoms with Crippen molar-refractivity contribution in [2.45, 2.75) is 6.42 Å². The molecule has 0 aliphatic rings. The summed E-state index contributed by atoms with van der Waals surface area (Å²) in [5, 5.41) is 5.67. The van der Waals surface area contributed by atoms with E-state index in [0.29, 0.717) is 17.1 Å². The van der Waals surface area contributed by atoms with Crippen LogP contribution in [0.25, 0.3) is 10.8 Å². The van der Waals surface area contributed by atoms with Gasteiger partial charge in [-0.25, -0.2) is 0 Å². The third kappa shape index (κ3) is 3.42. The lowest BCUT2D eigenvalue weighted by atomic mass is 10.0. The number of hydrogen-bond donors (Lipinski definition) is 1. The van der Waals surface area contributed by atoms with Crippen LogP contribution >= 0.6 is 34.2 Å². The topological polar surface area (TPSA) is 29.1 Å². The van der Waals surface area contributed by atoms with Crippen molar-refractivity contribution in [2.75, 3.05) is 5.32 Å². The fourth-order valence-corrected chi connectivity index (χ4v) is 3.31. The van der Waals surface area contributed by atoms with E-state index in [1.807, 2.05) is 60.7 Å². The Balaban J connectivity index is 1.81. The maximum atomic E-state index is 12.3. The summed E-state index contributed by atoms with van der Waals surface area (Å²) in [6, 6.07) is 19.6. The van der Waals surface area contributed by atoms with Crippen LogP contribution in [0.3, 0.4) is 0 Å². The highest BCUT2D eigenvalue weighted by atomic mass is 127. The number of benzene rings is 3. The van der Waals surface area contributed by atoms with Gasteiger partial charge in [-0.3, -0.25) is 4.79 Å². The quantitative estimate of drug-likeness (QED) is 0.573. The first-order valence-corrected chi connectivity index (χ1v) is 8.31. The molecule has 0 aliphatic heterocycles. The van der Waals surface area contributed by atoms with Crippen molar-refractivity contribution in [3.8, 4) is 0 Å². The first-order chi connectivity index (χ1) is 10.6. The van der Waals surface area contributed by atoms with Crippen LogP contribution in [0.2, 0.25) is 5.02 Å². The standard InChI is InChI=1S/C18H13ClINO/c19-16-11-14(20)8-9-17(16)21-18(22)10-13-6-3-5-12-4-1-2-7-15(12)13/h1-9,11H,10H2,(H,21,22). The molecule has 0 unspecified atom stereocenters. The van der Waals surface area contributed by atoms with Crippen molar-refractivity contribution in [1.82, 2.24) is 0 Å². The fraction of sp³-hybridized carbons (Fsp3) is 0.0556. The largest absolute Gasteiger partial charge is 0.324 e. The highest BCUT2D eigenvalue weighted by molar-refractivity contribution is 14.1. The number of nitrogens with one attached hydrogen (secondary N) is 1. The molecule has 1 amide bonds. The Labute approximate surface area is 147 Å². The lowest BCUT2D eigenvalue weighted by Gasteiger charge is -2.09. The van der Waals surface area contributed by atoms with Crippen LogP contribution in [-0.2, 0) is 11.2 Å². The Morgan fingerprint density at radius 2 is 1.82 bits per heavy atom. The molecule has 2 nitrogen and oxygen atoms in total. The van der Waals surface area contributed by atoms with Crippen molar-refractivity contribution < 1.29 is 4.79 Å². The van der Waals surface area contributed by atoms with Crippen molar-refractivity contribution in [3.63, 3.8) is 0 Å². The molecular weight excluding hydrogens is 409 g/mol. The van der Waals surface area contributed by atoms with Gasteiger partial charge in [-0.1, -0.05) is 54.1 Å². The average molecular weight is 422 g/mol. The van der Waals surface area contributed by atoms with Gasteiger partial charge in [0.15, 0.2) is 0 Å². The number of fused-ring (bicyclic) bond motifs is 1. The smallest absolute Gasteiger partial charge is 0.228 e. The molecule has 0 fully saturated rings. The van der Waals surface area contributed by atoms with Crippen LogP contribution in [0.4, 0.5) is 5.69 Å². The van der Waals surface area contributed by atoms with E-state index in [1.54, 1.807) is 0 Å². The van der Waals surface area contributed by atoms with Crippen molar-refractivity contribution in [1.29, 1.82) is 0 Å². The highest BCUT2D eigenvalue weighted by Crippen LogP contribution is 2.24. The van der Waals surface area contributed by atoms with Crippen LogP contribution < -0.4 is 5.32 Å². The Kier molecular flexibility index (Phi) is 4.64. The molecule has 0 saturated heterocycles. The van der Waals surface area contributed by atoms with Crippen LogP contribution in [-0.4, -0.2) is 5.91 Å². The van der Waals surface area contributed by atoms with Crippen LogP contribution in [0, 0.1) is 3.57 Å². The van der Waals surface area contributed by atoms with Crippen molar-refractivity contribution in [3.05, 3.63) is 74.8 Å². The van der Waals surface area contributed by atoms with E-state index in [1.165, 1.54) is 0 Å². The molecule has 3 rings (SSSR count). The number of carbonyl (C=O) groups excluding carboxylic acids is 1. The van der Waals surface area contributed by atoms with Gasteiger partial charge in [0.1, 0.15) is 0 Å². The Morgan fingerprint density at radius 3 is 2.64 bits per heavy atom. The second-order valence-electron chi connectivity index (χ2n) is 4.99. The molecule has 0 spiro atoms. The van der Waals surface area contributed by atoms with E-state index in [2.05, 4.69) is 27.9 Å². The first-order valence-electron chi connectivity index (χ1n) is 6.85. The van der Waals surface area contributed by atoms with E-state index in [4.69, 9.17) is 11.6 Å². The second kappa shape index (κ2) is 6.67. The molecule has 0 radical (unpaired) electrons. The van der Waals surface area contributed by atoms with E-state index in [0.717, 1.165) is 19.9 Å². The van der Waals surface area contributed by atoms with Gasteiger partial charge >= 0.3 is 0 Å². The van der Waals surface area contributed by atoms with Gasteiger partial charge in [-0.15, -0.1) is 0 Å². The molecule has 4 heteroatoms. The summed E-state index contributed by atoms with van der Waals surface area (Å²) < 4.78 is 1.04. The number of carbonyl (C=O) groups is 1. The molecule has 110 valence electrons. The summed E-state index contributed by atoms with van der Waals surface area (Å²) in [6.07, 6.45) is 0.323. The Bertz CT molecular complexity index is 842. The van der Waals surface area contributed by atoms with Gasteiger partial charge in [-0.2, -0.15) is 0 Å². The van der Waals surface area contributed by atoms with Gasteiger partial charge < -0.3 is 5.32 Å². The molecule has 0 heterocycles. The molecule has 1 N–H and O–H groups in total. The number of rotatable bonds is 3. The zero-order chi connectivity index (χ0) is 15.5. The predicted octanol–water partition coefficient (Wildman–Crippen LogP) is 5.28. The lowest BCUT2D eigenvalue weighted by molar-refractivity contribution is -0.115. The molecule has 3 aromatic rings. The summed E-state index contributed by atoms with van der Waals surface area (Å²) in [7, 11) is 0. The molecule has 0 saturated carbocycles. The molecule has 0 bridgehead atoms. The highest BCUT2D eigenvalue weighted by Gasteiger charge is 2.09. The second-order valence-corrected chi connectivity index (χ2v) is 6.64. The molecule has 0 atom stereocenters. The maximum Gasteiger partial charge on any atom is 0.228 e. The summed E-state index contributed by atoms with van der Waals surface area (Å²) in [4.78, 5) is 12.3. The van der Waals surface area contributed by atoms with Gasteiger partial charge in [0, 0.05) is 3.57 Å². The van der Waals surface area contributed by atoms with Crippen LogP contribution in [0.15, 0.2) is 60.7 Å². The average Bonchev–Trinajstić information content (AvgIpc) is 2.50. The maximum absolute atomic E-state index is 12.3. The number of amides is 1. The van der Waals surface area contributed by atoms with Crippen LogP contribution in [0.1, 0.15) is 5.56 Å². The third-order valence-corrected chi connectivity index (χ3v) is 4.42. The van der Waals surface area contributed by atoms with E-state index in [9.17, 15) is 4.79 Å². The number of anilines is 1. The zero-order valence-electron chi connectivity index (χ0n) is 11.6. The minimum Gasteiger partial charge on any atom is -0.324 e. The Morgan fingerprint density at radius 1 is 1.05 bits per heavy atom. The summed E-state index contributed by atoms with van der Waals surface area (Å²) in [6.45, 7) is 0. The molecular formula is C18H13ClINO. The normalized spacial score (nSPS) is 10.6. The molecule has 0 aromatic heterocycles. The number of halogens is 2. The molecule has 22 heavy (non-hydrogen) atoms. The van der Waals surface area contributed by atoms with Crippen LogP contribution in [0.5, 0.6) is 0 Å². The summed E-state index contributed by atoms with van der Waals surface area (Å²) in [5.74, 6) is -0.0699. The summed E-state index contributed by atoms with van der Waals surface area (Å²) >= 11 is 8.34. The van der Waals surface area contributed by atoms with E-state index < -0.39 is 0 Å². The Hall–Kier alpha value is -1.59. The third-order valence-electron chi connectivity index (χ3n) is 3.44. The van der Waals surface area contributed by atoms with E-state index >= 15 is 0 Å². The van der Waals surface area contributed by atoms with Gasteiger partial charge in [0.05, 0.1) is 17.1 Å². The zero-order valence-corrected chi connectivity index (χ0v) is 14.6. The molecule has 3 aromatic carbocycles. The lowest BCUT2D eigenvalue weighted by Crippen LogP contribution is -2.14. The minimum atomic E-state index is -0.0699. The minimum absolute atomic E-state index is 0.0699. The monoisotopic (exact) mass is 421 g/mol. The molecule has 0 aliphatic carbocycles. The van der Waals surface area contributed by atoms with Gasteiger partial charge in [0.2, 0.25) is 5.91 Å². The first kappa shape index (κ1) is 15.3. The number of hydrogen-bond acceptors (Lipinski definition) is 1.